The fourth-order valence-electron chi connectivity index (χ4n) is 10.9. The summed E-state index contributed by atoms with van der Waals surface area (Å²) in [5, 5.41) is 5.27. The van der Waals surface area contributed by atoms with Crippen molar-refractivity contribution in [2.75, 3.05) is 0 Å². The van der Waals surface area contributed by atoms with E-state index < -0.39 is 0 Å². The Morgan fingerprint density at radius 1 is 0.714 bits per heavy atom. The lowest BCUT2D eigenvalue weighted by Gasteiger charge is -2.36. The van der Waals surface area contributed by atoms with Crippen LogP contribution in [0.2, 0.25) is 0 Å². The summed E-state index contributed by atoms with van der Waals surface area (Å²) in [7, 11) is 0. The Hall–Kier alpha value is -7.36. The number of para-hydroxylation sites is 4. The van der Waals surface area contributed by atoms with E-state index in [0.717, 1.165) is 37.8 Å². The molecule has 0 saturated carbocycles. The summed E-state index contributed by atoms with van der Waals surface area (Å²) in [6.07, 6.45) is 27.0. The second-order valence-corrected chi connectivity index (χ2v) is 17.4. The van der Waals surface area contributed by atoms with Gasteiger partial charge in [0.1, 0.15) is 0 Å². The summed E-state index contributed by atoms with van der Waals surface area (Å²) in [6, 6.07) is 44.0. The highest BCUT2D eigenvalue weighted by Crippen LogP contribution is 2.45. The first kappa shape index (κ1) is 38.6. The van der Waals surface area contributed by atoms with E-state index in [1.165, 1.54) is 94.1 Å². The van der Waals surface area contributed by atoms with Gasteiger partial charge in [0.2, 0.25) is 0 Å². The minimum atomic E-state index is 0.0608. The van der Waals surface area contributed by atoms with Crippen LogP contribution in [0.25, 0.3) is 62.0 Å². The zero-order valence-corrected chi connectivity index (χ0v) is 35.8. The molecule has 3 heterocycles. The maximum absolute atomic E-state index is 4.89. The average Bonchev–Trinajstić information content (AvgIpc) is 3.97. The first-order valence-corrected chi connectivity index (χ1v) is 22.4. The van der Waals surface area contributed by atoms with E-state index in [1.54, 1.807) is 0 Å². The van der Waals surface area contributed by atoms with E-state index in [2.05, 4.69) is 197 Å². The number of hydrogen-bond acceptors (Lipinski definition) is 1. The normalized spacial score (nSPS) is 18.3. The van der Waals surface area contributed by atoms with Crippen LogP contribution in [0.4, 0.5) is 0 Å². The van der Waals surface area contributed by atoms with Crippen molar-refractivity contribution in [2.24, 2.45) is 5.92 Å². The molecule has 3 nitrogen and oxygen atoms in total. The van der Waals surface area contributed by atoms with Gasteiger partial charge in [-0.25, -0.2) is 0 Å². The third-order valence-electron chi connectivity index (χ3n) is 13.9. The molecule has 8 aromatic rings. The third kappa shape index (κ3) is 6.41. The van der Waals surface area contributed by atoms with Gasteiger partial charge in [-0.05, 0) is 114 Å². The Morgan fingerprint density at radius 2 is 1.43 bits per heavy atom. The average molecular weight is 814 g/mol. The van der Waals surface area contributed by atoms with E-state index in [0.29, 0.717) is 0 Å². The smallest absolute Gasteiger partial charge is 0.0617 e. The van der Waals surface area contributed by atoms with E-state index >= 15 is 0 Å². The van der Waals surface area contributed by atoms with Crippen molar-refractivity contribution < 1.29 is 0 Å². The second-order valence-electron chi connectivity index (χ2n) is 17.4. The molecule has 3 aromatic heterocycles. The van der Waals surface area contributed by atoms with Crippen LogP contribution in [0.1, 0.15) is 58.8 Å². The van der Waals surface area contributed by atoms with Crippen LogP contribution in [0.5, 0.6) is 0 Å². The zero-order chi connectivity index (χ0) is 42.6. The largest absolute Gasteiger partial charge is 0.345 e. The van der Waals surface area contributed by atoms with Gasteiger partial charge < -0.3 is 13.9 Å². The summed E-state index contributed by atoms with van der Waals surface area (Å²) in [5.74, 6) is 0.331. The summed E-state index contributed by atoms with van der Waals surface area (Å²) in [5.41, 5.74) is 17.7. The van der Waals surface area contributed by atoms with Gasteiger partial charge in [0.25, 0.3) is 0 Å². The van der Waals surface area contributed by atoms with Crippen LogP contribution in [-0.2, 0) is 12.8 Å². The third-order valence-corrected chi connectivity index (χ3v) is 13.9. The lowest BCUT2D eigenvalue weighted by molar-refractivity contribution is 0.373. The van der Waals surface area contributed by atoms with Crippen molar-refractivity contribution in [3.8, 4) is 5.69 Å². The van der Waals surface area contributed by atoms with Crippen LogP contribution < -0.4 is 0 Å². The molecule has 0 amide bonds. The van der Waals surface area contributed by atoms with Crippen molar-refractivity contribution >= 4 is 56.3 Å². The van der Waals surface area contributed by atoms with Crippen LogP contribution in [0.3, 0.4) is 0 Å². The molecule has 3 aliphatic carbocycles. The maximum Gasteiger partial charge on any atom is 0.0617 e. The molecule has 0 saturated heterocycles. The van der Waals surface area contributed by atoms with Gasteiger partial charge >= 0.3 is 0 Å². The fraction of sp³-hybridized carbons (Fsp3) is 0.133. The van der Waals surface area contributed by atoms with Crippen molar-refractivity contribution in [3.63, 3.8) is 0 Å². The highest BCUT2D eigenvalue weighted by atomic mass is 15.2. The first-order valence-electron chi connectivity index (χ1n) is 22.4. The minimum Gasteiger partial charge on any atom is -0.345 e. The molecule has 3 atom stereocenters. The number of allylic oxidation sites excluding steroid dienone is 9. The molecule has 3 unspecified atom stereocenters. The molecule has 63 heavy (non-hydrogen) atoms. The molecule has 0 fully saturated rings. The van der Waals surface area contributed by atoms with E-state index in [4.69, 9.17) is 13.2 Å². The number of rotatable bonds is 12. The van der Waals surface area contributed by atoms with Crippen molar-refractivity contribution in [2.45, 2.75) is 44.1 Å². The predicted molar refractivity (Wildman–Crippen MR) is 268 cm³/mol. The monoisotopic (exact) mass is 813 g/mol. The van der Waals surface area contributed by atoms with Crippen LogP contribution in [0, 0.1) is 5.92 Å². The van der Waals surface area contributed by atoms with Gasteiger partial charge in [-0.2, -0.15) is 0 Å². The van der Waals surface area contributed by atoms with Crippen LogP contribution in [0.15, 0.2) is 213 Å². The first-order chi connectivity index (χ1) is 31.0. The molecule has 3 heteroatoms. The number of benzene rings is 5. The minimum absolute atomic E-state index is 0.0608. The number of nitrogens with zero attached hydrogens (tertiary/aromatic N) is 3. The lowest BCUT2D eigenvalue weighted by atomic mass is 9.76. The molecule has 0 aliphatic heterocycles. The standard InChI is InChI=1S/C60H51N3/c1-5-7-19-43-37-45-20-11-12-24-48(45)53(41(43)4)36-40(3)61(47-32-34-58-55(39-47)50-26-14-15-29-56(50)62(58)46-22-9-8-10-23-46)35-18-21-42(6-2)44-31-33-59-54(38-44)52-28-17-27-51-49-25-13-16-30-57(49)63(59)60(51)52/h5-6,8-18,20-35,37,44,47,53H,1-4,7,19,36,38-39H2/b35-18+,42-21+. The van der Waals surface area contributed by atoms with Crippen molar-refractivity contribution in [3.05, 3.63) is 246 Å². The summed E-state index contributed by atoms with van der Waals surface area (Å²) >= 11 is 0. The number of aromatic nitrogens is 2. The van der Waals surface area contributed by atoms with Crippen LogP contribution >= 0.6 is 0 Å². The summed E-state index contributed by atoms with van der Waals surface area (Å²) < 4.78 is 4.88. The fourth-order valence-corrected chi connectivity index (χ4v) is 10.9. The zero-order valence-electron chi connectivity index (χ0n) is 35.8. The summed E-state index contributed by atoms with van der Waals surface area (Å²) in [6.45, 7) is 18.0. The molecule has 0 spiro atoms. The second kappa shape index (κ2) is 15.8. The van der Waals surface area contributed by atoms with Gasteiger partial charge in [-0.3, -0.25) is 0 Å². The Bertz CT molecular complexity index is 3300. The molecule has 0 radical (unpaired) electrons. The lowest BCUT2D eigenvalue weighted by Crippen LogP contribution is -2.32. The van der Waals surface area contributed by atoms with E-state index in [9.17, 15) is 0 Å². The molecule has 11 rings (SSSR count). The molecule has 5 aromatic carbocycles. The maximum atomic E-state index is 4.89. The van der Waals surface area contributed by atoms with Gasteiger partial charge in [0.15, 0.2) is 0 Å². The van der Waals surface area contributed by atoms with Gasteiger partial charge in [0.05, 0.1) is 22.6 Å². The SMILES string of the molecule is C=CCCC1=Cc2ccccc2C(CC(=C)N(/C=C/C=C(\C=C)C2C=Cc3c(c4cccc5c6ccccc6n3c45)C2)C2C=Cc3c(c4ccccc4n3-c3ccccc3)C2)C1=C. The molecule has 0 N–H and O–H groups in total. The Kier molecular flexibility index (Phi) is 9.69. The highest BCUT2D eigenvalue weighted by Gasteiger charge is 2.31. The van der Waals surface area contributed by atoms with E-state index in [1.807, 2.05) is 12.2 Å². The highest BCUT2D eigenvalue weighted by molar-refractivity contribution is 6.16. The Balaban J connectivity index is 0.948. The topological polar surface area (TPSA) is 12.6 Å². The van der Waals surface area contributed by atoms with Gasteiger partial charge in [-0.15, -0.1) is 6.58 Å². The number of hydrogen-bond donors (Lipinski definition) is 0. The number of fused-ring (bicyclic) bond motifs is 10. The molecular weight excluding hydrogens is 763 g/mol. The molecule has 0 bridgehead atoms. The Labute approximate surface area is 370 Å². The quantitative estimate of drug-likeness (QED) is 0.0884. The van der Waals surface area contributed by atoms with Gasteiger partial charge in [-0.1, -0.05) is 153 Å². The van der Waals surface area contributed by atoms with E-state index in [-0.39, 0.29) is 17.9 Å². The predicted octanol–water partition coefficient (Wildman–Crippen LogP) is 15.0. The summed E-state index contributed by atoms with van der Waals surface area (Å²) in [4.78, 5) is 2.43. The van der Waals surface area contributed by atoms with Crippen molar-refractivity contribution in [1.29, 1.82) is 0 Å². The Morgan fingerprint density at radius 3 is 2.27 bits per heavy atom. The molecule has 3 aliphatic rings. The molecule has 306 valence electrons. The molecular formula is C60H51N3. The van der Waals surface area contributed by atoms with Crippen LogP contribution in [-0.4, -0.2) is 19.9 Å². The van der Waals surface area contributed by atoms with Crippen molar-refractivity contribution in [1.82, 2.24) is 13.9 Å². The van der Waals surface area contributed by atoms with Gasteiger partial charge in [0, 0.05) is 62.4 Å².